The standard InChI is InChI=1S/C20H24N4O2S/c1-14-11-18(16(3)24(14)19-12-15(2)26-21-19)20(25)23-8-6-22(7-9-23)13-17-5-4-10-27-17/h4-5,10-12H,6-9,13H2,1-3H3. The Kier molecular flexibility index (Phi) is 4.88. The summed E-state index contributed by atoms with van der Waals surface area (Å²) in [6.07, 6.45) is 0. The van der Waals surface area contributed by atoms with Gasteiger partial charge in [-0.05, 0) is 38.3 Å². The number of thiophene rings is 1. The molecular weight excluding hydrogens is 360 g/mol. The van der Waals surface area contributed by atoms with Crippen LogP contribution in [0, 0.1) is 20.8 Å². The molecule has 6 nitrogen and oxygen atoms in total. The molecule has 3 aromatic rings. The number of hydrogen-bond acceptors (Lipinski definition) is 5. The molecule has 0 aliphatic carbocycles. The number of piperazine rings is 1. The highest BCUT2D eigenvalue weighted by Gasteiger charge is 2.26. The van der Waals surface area contributed by atoms with Gasteiger partial charge in [0.05, 0.1) is 5.56 Å². The lowest BCUT2D eigenvalue weighted by atomic mass is 10.2. The fraction of sp³-hybridized carbons (Fsp3) is 0.400. The first-order valence-electron chi connectivity index (χ1n) is 9.19. The number of carbonyl (C=O) groups is 1. The zero-order valence-electron chi connectivity index (χ0n) is 15.9. The van der Waals surface area contributed by atoms with Gasteiger partial charge >= 0.3 is 0 Å². The fourth-order valence-corrected chi connectivity index (χ4v) is 4.44. The molecule has 0 unspecified atom stereocenters. The smallest absolute Gasteiger partial charge is 0.255 e. The predicted molar refractivity (Wildman–Crippen MR) is 106 cm³/mol. The van der Waals surface area contributed by atoms with Gasteiger partial charge in [-0.2, -0.15) is 0 Å². The maximum atomic E-state index is 13.1. The van der Waals surface area contributed by atoms with E-state index in [4.69, 9.17) is 4.52 Å². The third-order valence-electron chi connectivity index (χ3n) is 5.13. The van der Waals surface area contributed by atoms with Crippen molar-refractivity contribution in [2.24, 2.45) is 0 Å². The van der Waals surface area contributed by atoms with Crippen LogP contribution in [-0.2, 0) is 6.54 Å². The Balaban J connectivity index is 1.46. The van der Waals surface area contributed by atoms with E-state index < -0.39 is 0 Å². The largest absolute Gasteiger partial charge is 0.360 e. The summed E-state index contributed by atoms with van der Waals surface area (Å²) >= 11 is 1.79. The van der Waals surface area contributed by atoms with Crippen molar-refractivity contribution in [3.8, 4) is 5.82 Å². The van der Waals surface area contributed by atoms with Gasteiger partial charge in [-0.1, -0.05) is 11.2 Å². The Morgan fingerprint density at radius 2 is 1.96 bits per heavy atom. The number of amides is 1. The second kappa shape index (κ2) is 7.32. The molecule has 4 rings (SSSR count). The first-order chi connectivity index (χ1) is 13.0. The van der Waals surface area contributed by atoms with E-state index in [1.165, 1.54) is 4.88 Å². The van der Waals surface area contributed by atoms with E-state index in [2.05, 4.69) is 27.6 Å². The molecule has 27 heavy (non-hydrogen) atoms. The third-order valence-corrected chi connectivity index (χ3v) is 5.99. The van der Waals surface area contributed by atoms with E-state index in [0.717, 1.165) is 61.3 Å². The maximum absolute atomic E-state index is 13.1. The maximum Gasteiger partial charge on any atom is 0.255 e. The SMILES string of the molecule is Cc1cc(-n2c(C)cc(C(=O)N3CCN(Cc4cccs4)CC3)c2C)no1. The Morgan fingerprint density at radius 1 is 1.19 bits per heavy atom. The van der Waals surface area contributed by atoms with Gasteiger partial charge in [0.15, 0.2) is 5.82 Å². The molecule has 1 amide bonds. The van der Waals surface area contributed by atoms with Crippen LogP contribution in [0.2, 0.25) is 0 Å². The quantitative estimate of drug-likeness (QED) is 0.692. The lowest BCUT2D eigenvalue weighted by Gasteiger charge is -2.34. The van der Waals surface area contributed by atoms with Crippen molar-refractivity contribution in [2.75, 3.05) is 26.2 Å². The molecule has 7 heteroatoms. The summed E-state index contributed by atoms with van der Waals surface area (Å²) in [6, 6.07) is 8.10. The van der Waals surface area contributed by atoms with Crippen LogP contribution in [-0.4, -0.2) is 51.6 Å². The minimum absolute atomic E-state index is 0.102. The number of aryl methyl sites for hydroxylation is 2. The number of rotatable bonds is 4. The second-order valence-corrected chi connectivity index (χ2v) is 8.10. The van der Waals surface area contributed by atoms with E-state index in [1.54, 1.807) is 11.3 Å². The molecule has 0 bridgehead atoms. The molecule has 1 aliphatic rings. The van der Waals surface area contributed by atoms with Crippen LogP contribution in [0.1, 0.15) is 32.4 Å². The van der Waals surface area contributed by atoms with Crippen molar-refractivity contribution < 1.29 is 9.32 Å². The van der Waals surface area contributed by atoms with Gasteiger partial charge in [0, 0.05) is 55.1 Å². The van der Waals surface area contributed by atoms with Gasteiger partial charge < -0.3 is 9.42 Å². The fourth-order valence-electron chi connectivity index (χ4n) is 3.69. The molecule has 1 saturated heterocycles. The molecule has 0 atom stereocenters. The van der Waals surface area contributed by atoms with Crippen molar-refractivity contribution in [2.45, 2.75) is 27.3 Å². The predicted octanol–water partition coefficient (Wildman–Crippen LogP) is 3.41. The Labute approximate surface area is 163 Å². The van der Waals surface area contributed by atoms with Gasteiger partial charge in [0.2, 0.25) is 0 Å². The Hall–Kier alpha value is -2.38. The highest BCUT2D eigenvalue weighted by Crippen LogP contribution is 2.23. The van der Waals surface area contributed by atoms with Crippen LogP contribution < -0.4 is 0 Å². The summed E-state index contributed by atoms with van der Waals surface area (Å²) in [7, 11) is 0. The third kappa shape index (κ3) is 3.57. The normalized spacial score (nSPS) is 15.4. The molecule has 0 aromatic carbocycles. The summed E-state index contributed by atoms with van der Waals surface area (Å²) in [5, 5.41) is 6.21. The van der Waals surface area contributed by atoms with Crippen molar-refractivity contribution in [1.82, 2.24) is 19.5 Å². The highest BCUT2D eigenvalue weighted by molar-refractivity contribution is 7.09. The summed E-state index contributed by atoms with van der Waals surface area (Å²) in [6.45, 7) is 10.1. The Bertz CT molecular complexity index is 934. The molecular formula is C20H24N4O2S. The lowest BCUT2D eigenvalue weighted by molar-refractivity contribution is 0.0629. The molecule has 1 fully saturated rings. The molecule has 1 aliphatic heterocycles. The number of carbonyl (C=O) groups excluding carboxylic acids is 1. The second-order valence-electron chi connectivity index (χ2n) is 7.06. The summed E-state index contributed by atoms with van der Waals surface area (Å²) in [5.41, 5.74) is 2.65. The van der Waals surface area contributed by atoms with E-state index >= 15 is 0 Å². The molecule has 0 spiro atoms. The minimum Gasteiger partial charge on any atom is -0.360 e. The molecule has 3 aromatic heterocycles. The monoisotopic (exact) mass is 384 g/mol. The molecule has 4 heterocycles. The zero-order chi connectivity index (χ0) is 19.0. The van der Waals surface area contributed by atoms with Crippen molar-refractivity contribution in [1.29, 1.82) is 0 Å². The lowest BCUT2D eigenvalue weighted by Crippen LogP contribution is -2.48. The van der Waals surface area contributed by atoms with Crippen LogP contribution in [0.25, 0.3) is 5.82 Å². The number of nitrogens with zero attached hydrogens (tertiary/aromatic N) is 4. The minimum atomic E-state index is 0.102. The average molecular weight is 385 g/mol. The zero-order valence-corrected chi connectivity index (χ0v) is 16.8. The van der Waals surface area contributed by atoms with Gasteiger partial charge in [-0.3, -0.25) is 14.3 Å². The first kappa shape index (κ1) is 18.0. The van der Waals surface area contributed by atoms with Crippen molar-refractivity contribution in [3.63, 3.8) is 0 Å². The van der Waals surface area contributed by atoms with Gasteiger partial charge in [-0.15, -0.1) is 11.3 Å². The summed E-state index contributed by atoms with van der Waals surface area (Å²) in [5.74, 6) is 1.58. The molecule has 0 N–H and O–H groups in total. The van der Waals surface area contributed by atoms with Crippen LogP contribution in [0.4, 0.5) is 0 Å². The number of aromatic nitrogens is 2. The van der Waals surface area contributed by atoms with Gasteiger partial charge in [0.25, 0.3) is 5.91 Å². The highest BCUT2D eigenvalue weighted by atomic mass is 32.1. The van der Waals surface area contributed by atoms with Crippen LogP contribution in [0.5, 0.6) is 0 Å². The van der Waals surface area contributed by atoms with Gasteiger partial charge in [-0.25, -0.2) is 0 Å². The summed E-state index contributed by atoms with van der Waals surface area (Å²) in [4.78, 5) is 18.9. The first-order valence-corrected chi connectivity index (χ1v) is 10.1. The van der Waals surface area contributed by atoms with Crippen LogP contribution in [0.3, 0.4) is 0 Å². The molecule has 142 valence electrons. The van der Waals surface area contributed by atoms with Crippen LogP contribution in [0.15, 0.2) is 34.2 Å². The van der Waals surface area contributed by atoms with Crippen LogP contribution >= 0.6 is 11.3 Å². The average Bonchev–Trinajstić information content (AvgIpc) is 3.37. The van der Waals surface area contributed by atoms with E-state index in [-0.39, 0.29) is 5.91 Å². The van der Waals surface area contributed by atoms with E-state index in [1.807, 2.05) is 42.4 Å². The Morgan fingerprint density at radius 3 is 2.59 bits per heavy atom. The van der Waals surface area contributed by atoms with Gasteiger partial charge in [0.1, 0.15) is 5.76 Å². The molecule has 0 radical (unpaired) electrons. The number of hydrogen-bond donors (Lipinski definition) is 0. The summed E-state index contributed by atoms with van der Waals surface area (Å²) < 4.78 is 7.18. The van der Waals surface area contributed by atoms with E-state index in [0.29, 0.717) is 0 Å². The van der Waals surface area contributed by atoms with E-state index in [9.17, 15) is 4.79 Å². The van der Waals surface area contributed by atoms with Crippen molar-refractivity contribution in [3.05, 3.63) is 57.2 Å². The van der Waals surface area contributed by atoms with Crippen molar-refractivity contribution >= 4 is 17.2 Å². The molecule has 0 saturated carbocycles. The topological polar surface area (TPSA) is 54.5 Å².